The summed E-state index contributed by atoms with van der Waals surface area (Å²) in [7, 11) is 0. The minimum atomic E-state index is 0. The lowest BCUT2D eigenvalue weighted by Crippen LogP contribution is -2.39. The van der Waals surface area contributed by atoms with Gasteiger partial charge < -0.3 is 15.0 Å². The van der Waals surface area contributed by atoms with Gasteiger partial charge in [-0.15, -0.1) is 24.0 Å². The van der Waals surface area contributed by atoms with Crippen LogP contribution in [0.15, 0.2) is 12.8 Å². The Bertz CT molecular complexity index is 255. The molecule has 4 heteroatoms. The van der Waals surface area contributed by atoms with Crippen molar-refractivity contribution in [3.8, 4) is 0 Å². The van der Waals surface area contributed by atoms with Crippen LogP contribution in [-0.4, -0.2) is 43.3 Å². The number of hydrogen-bond donors (Lipinski definition) is 1. The maximum atomic E-state index is 6.23. The fraction of sp³-hybridized carbons (Fsp3) is 0.889. The third kappa shape index (κ3) is 10.1. The highest BCUT2D eigenvalue weighted by Crippen LogP contribution is 2.24. The van der Waals surface area contributed by atoms with E-state index >= 15 is 0 Å². The molecule has 0 atom stereocenters. The quantitative estimate of drug-likeness (QED) is 0.617. The molecule has 1 N–H and O–H groups in total. The fourth-order valence-corrected chi connectivity index (χ4v) is 3.20. The molecule has 1 heterocycles. The summed E-state index contributed by atoms with van der Waals surface area (Å²) in [5, 5.41) is 2.88. The van der Waals surface area contributed by atoms with Crippen LogP contribution in [0, 0.1) is 0 Å². The fourth-order valence-electron chi connectivity index (χ4n) is 3.20. The molecule has 0 unspecified atom stereocenters. The second-order valence-electron chi connectivity index (χ2n) is 6.20. The first-order valence-corrected chi connectivity index (χ1v) is 9.02. The smallest absolute Gasteiger partial charge is 0.0603 e. The molecule has 1 aliphatic heterocycles. The number of piperidine rings is 1. The maximum absolute atomic E-state index is 6.23. The Hall–Kier alpha value is 0.190. The molecule has 0 spiro atoms. The number of ether oxygens (including phenoxy) is 1. The standard InChI is InChI=1S/C14H27NO.C4H9N.HI.H2/c1-2-10-15-11-8-14(9-12-15)16-13-6-4-3-5-7-13;1-3-5-4-2;;/h13-14H,2-12H2,1H3;3,5H,1,4H2,2H3;2*1H. The number of halogens is 1. The molecule has 0 aromatic carbocycles. The van der Waals surface area contributed by atoms with Crippen LogP contribution in [0.25, 0.3) is 0 Å². The zero-order valence-corrected chi connectivity index (χ0v) is 17.0. The van der Waals surface area contributed by atoms with E-state index in [1.54, 1.807) is 6.20 Å². The van der Waals surface area contributed by atoms with Crippen LogP contribution < -0.4 is 5.32 Å². The maximum Gasteiger partial charge on any atom is 0.0603 e. The van der Waals surface area contributed by atoms with Crippen LogP contribution in [0.5, 0.6) is 0 Å². The van der Waals surface area contributed by atoms with Gasteiger partial charge in [0.05, 0.1) is 12.2 Å². The Morgan fingerprint density at radius 2 is 1.68 bits per heavy atom. The molecule has 0 aromatic heterocycles. The monoisotopic (exact) mass is 426 g/mol. The highest BCUT2D eigenvalue weighted by molar-refractivity contribution is 14.0. The summed E-state index contributed by atoms with van der Waals surface area (Å²) in [6, 6.07) is 0. The van der Waals surface area contributed by atoms with E-state index in [9.17, 15) is 0 Å². The summed E-state index contributed by atoms with van der Waals surface area (Å²) in [4.78, 5) is 2.58. The lowest BCUT2D eigenvalue weighted by Gasteiger charge is -2.34. The lowest BCUT2D eigenvalue weighted by molar-refractivity contribution is -0.0556. The molecule has 0 aromatic rings. The van der Waals surface area contributed by atoms with E-state index < -0.39 is 0 Å². The topological polar surface area (TPSA) is 24.5 Å². The van der Waals surface area contributed by atoms with Crippen molar-refractivity contribution < 1.29 is 6.16 Å². The molecule has 134 valence electrons. The highest BCUT2D eigenvalue weighted by atomic mass is 127. The second kappa shape index (κ2) is 14.8. The first kappa shape index (κ1) is 22.2. The molecule has 0 radical (unpaired) electrons. The van der Waals surface area contributed by atoms with Gasteiger partial charge in [-0.2, -0.15) is 0 Å². The normalized spacial score (nSPS) is 20.5. The summed E-state index contributed by atoms with van der Waals surface area (Å²) in [5.41, 5.74) is 0. The van der Waals surface area contributed by atoms with E-state index in [1.165, 1.54) is 71.0 Å². The molecule has 3 nitrogen and oxygen atoms in total. The van der Waals surface area contributed by atoms with Gasteiger partial charge in [-0.05, 0) is 51.8 Å². The molecule has 0 amide bonds. The molecule has 22 heavy (non-hydrogen) atoms. The van der Waals surface area contributed by atoms with Crippen molar-refractivity contribution >= 4 is 24.0 Å². The van der Waals surface area contributed by atoms with Gasteiger partial charge in [-0.25, -0.2) is 0 Å². The molecular formula is C18H39IN2O. The van der Waals surface area contributed by atoms with Gasteiger partial charge in [0.25, 0.3) is 0 Å². The minimum Gasteiger partial charge on any atom is -0.392 e. The van der Waals surface area contributed by atoms with Crippen molar-refractivity contribution in [3.63, 3.8) is 0 Å². The Kier molecular flexibility index (Phi) is 14.9. The number of likely N-dealkylation sites (tertiary alicyclic amines) is 1. The minimum absolute atomic E-state index is 0. The molecule has 1 aliphatic carbocycles. The number of hydrogen-bond acceptors (Lipinski definition) is 3. The van der Waals surface area contributed by atoms with Crippen LogP contribution >= 0.6 is 24.0 Å². The summed E-state index contributed by atoms with van der Waals surface area (Å²) in [6.45, 7) is 12.5. The molecular weight excluding hydrogens is 387 g/mol. The summed E-state index contributed by atoms with van der Waals surface area (Å²) in [6.07, 6.45) is 13.5. The average molecular weight is 426 g/mol. The molecule has 1 saturated heterocycles. The second-order valence-corrected chi connectivity index (χ2v) is 6.20. The van der Waals surface area contributed by atoms with E-state index in [0.29, 0.717) is 12.2 Å². The van der Waals surface area contributed by atoms with E-state index in [-0.39, 0.29) is 25.4 Å². The molecule has 0 bridgehead atoms. The van der Waals surface area contributed by atoms with E-state index in [0.717, 1.165) is 6.54 Å². The Morgan fingerprint density at radius 3 is 2.14 bits per heavy atom. The van der Waals surface area contributed by atoms with Crippen LogP contribution in [0.1, 0.15) is 66.6 Å². The van der Waals surface area contributed by atoms with Gasteiger partial charge in [-0.3, -0.25) is 0 Å². The number of nitrogens with zero attached hydrogens (tertiary/aromatic N) is 1. The van der Waals surface area contributed by atoms with E-state index in [4.69, 9.17) is 4.74 Å². The van der Waals surface area contributed by atoms with Crippen molar-refractivity contribution in [1.82, 2.24) is 10.2 Å². The molecule has 2 aliphatic rings. The van der Waals surface area contributed by atoms with Gasteiger partial charge >= 0.3 is 0 Å². The lowest BCUT2D eigenvalue weighted by atomic mass is 9.97. The first-order chi connectivity index (χ1) is 10.3. The van der Waals surface area contributed by atoms with Crippen LogP contribution in [0.3, 0.4) is 0 Å². The third-order valence-corrected chi connectivity index (χ3v) is 4.36. The van der Waals surface area contributed by atoms with Gasteiger partial charge in [-0.1, -0.05) is 32.8 Å². The predicted molar refractivity (Wildman–Crippen MR) is 109 cm³/mol. The predicted octanol–water partition coefficient (Wildman–Crippen LogP) is 4.81. The zero-order chi connectivity index (χ0) is 15.3. The van der Waals surface area contributed by atoms with Gasteiger partial charge in [0.2, 0.25) is 0 Å². The van der Waals surface area contributed by atoms with Crippen molar-refractivity contribution in [2.45, 2.75) is 77.4 Å². The van der Waals surface area contributed by atoms with Gasteiger partial charge in [0.1, 0.15) is 0 Å². The van der Waals surface area contributed by atoms with E-state index in [1.807, 2.05) is 6.92 Å². The van der Waals surface area contributed by atoms with Crippen molar-refractivity contribution in [2.24, 2.45) is 0 Å². The first-order valence-electron chi connectivity index (χ1n) is 9.02. The van der Waals surface area contributed by atoms with Crippen LogP contribution in [0.4, 0.5) is 0 Å². The van der Waals surface area contributed by atoms with Crippen molar-refractivity contribution in [1.29, 1.82) is 0 Å². The molecule has 1 saturated carbocycles. The number of rotatable bonds is 6. The highest BCUT2D eigenvalue weighted by Gasteiger charge is 2.23. The SMILES string of the molecule is C=CNCC.CCCN1CCC(OC2CCCCC2)CC1.I.[HH]. The number of nitrogens with one attached hydrogen (secondary N) is 1. The third-order valence-electron chi connectivity index (χ3n) is 4.36. The Balaban J connectivity index is 0. The largest absolute Gasteiger partial charge is 0.392 e. The van der Waals surface area contributed by atoms with Gasteiger partial charge in [0, 0.05) is 21.1 Å². The Morgan fingerprint density at radius 1 is 1.09 bits per heavy atom. The van der Waals surface area contributed by atoms with E-state index in [2.05, 4.69) is 23.7 Å². The summed E-state index contributed by atoms with van der Waals surface area (Å²) < 4.78 is 6.23. The van der Waals surface area contributed by atoms with Crippen molar-refractivity contribution in [2.75, 3.05) is 26.2 Å². The molecule has 2 rings (SSSR count). The zero-order valence-electron chi connectivity index (χ0n) is 14.7. The Labute approximate surface area is 156 Å². The van der Waals surface area contributed by atoms with Crippen LogP contribution in [-0.2, 0) is 4.74 Å². The van der Waals surface area contributed by atoms with Gasteiger partial charge in [0.15, 0.2) is 0 Å². The molecule has 2 fully saturated rings. The summed E-state index contributed by atoms with van der Waals surface area (Å²) >= 11 is 0. The van der Waals surface area contributed by atoms with Crippen molar-refractivity contribution in [3.05, 3.63) is 12.8 Å². The summed E-state index contributed by atoms with van der Waals surface area (Å²) in [5.74, 6) is 0. The van der Waals surface area contributed by atoms with Crippen LogP contribution in [0.2, 0.25) is 0 Å². The average Bonchev–Trinajstić information content (AvgIpc) is 2.52.